The highest BCUT2D eigenvalue weighted by Gasteiger charge is 2.32. The number of benzene rings is 2. The van der Waals surface area contributed by atoms with Crippen LogP contribution in [-0.4, -0.2) is 77.1 Å². The molecule has 0 radical (unpaired) electrons. The molecule has 0 unspecified atom stereocenters. The molecule has 11 heteroatoms. The van der Waals surface area contributed by atoms with Crippen molar-refractivity contribution in [1.82, 2.24) is 9.80 Å². The summed E-state index contributed by atoms with van der Waals surface area (Å²) < 4.78 is 12.0. The molecule has 1 N–H and O–H groups in total. The molecule has 0 aromatic heterocycles. The number of nitrogens with zero attached hydrogens (tertiary/aromatic N) is 2. The summed E-state index contributed by atoms with van der Waals surface area (Å²) in [7, 11) is 0. The van der Waals surface area contributed by atoms with E-state index >= 15 is 0 Å². The summed E-state index contributed by atoms with van der Waals surface area (Å²) in [5, 5.41) is 9.96. The molecule has 2 saturated heterocycles. The van der Waals surface area contributed by atoms with Gasteiger partial charge in [0, 0.05) is 48.2 Å². The largest absolute Gasteiger partial charge is 0.492 e. The molecule has 2 aromatic carbocycles. The van der Waals surface area contributed by atoms with Crippen molar-refractivity contribution >= 4 is 69.5 Å². The summed E-state index contributed by atoms with van der Waals surface area (Å²) in [6.07, 6.45) is 2.08. The summed E-state index contributed by atoms with van der Waals surface area (Å²) in [6.45, 7) is 4.69. The van der Waals surface area contributed by atoms with E-state index in [9.17, 15) is 9.59 Å². The van der Waals surface area contributed by atoms with Crippen LogP contribution in [-0.2, 0) is 14.3 Å². The number of ether oxygens (including phenoxy) is 2. The van der Waals surface area contributed by atoms with Gasteiger partial charge in [0.05, 0.1) is 18.1 Å². The lowest BCUT2D eigenvalue weighted by molar-refractivity contribution is -0.137. The van der Waals surface area contributed by atoms with Gasteiger partial charge in [0.1, 0.15) is 16.7 Å². The van der Waals surface area contributed by atoms with Gasteiger partial charge in [-0.1, -0.05) is 53.2 Å². The van der Waals surface area contributed by atoms with Crippen molar-refractivity contribution < 1.29 is 24.2 Å². The van der Waals surface area contributed by atoms with Crippen LogP contribution < -0.4 is 4.74 Å². The van der Waals surface area contributed by atoms with Crippen LogP contribution in [0.4, 0.5) is 0 Å². The van der Waals surface area contributed by atoms with Crippen LogP contribution in [0.2, 0.25) is 10.0 Å². The molecule has 7 nitrogen and oxygen atoms in total. The highest BCUT2D eigenvalue weighted by atomic mass is 35.5. The van der Waals surface area contributed by atoms with E-state index in [1.54, 1.807) is 12.1 Å². The highest BCUT2D eigenvalue weighted by molar-refractivity contribution is 8.26. The molecule has 2 aromatic rings. The number of carboxylic acid groups (broad SMARTS) is 1. The second kappa shape index (κ2) is 13.1. The van der Waals surface area contributed by atoms with E-state index in [0.29, 0.717) is 38.0 Å². The van der Waals surface area contributed by atoms with Gasteiger partial charge in [0.2, 0.25) is 0 Å². The van der Waals surface area contributed by atoms with Crippen molar-refractivity contribution in [2.24, 2.45) is 0 Å². The van der Waals surface area contributed by atoms with E-state index in [4.69, 9.17) is 50.0 Å². The predicted molar refractivity (Wildman–Crippen MR) is 151 cm³/mol. The third-order valence-electron chi connectivity index (χ3n) is 5.91. The van der Waals surface area contributed by atoms with Gasteiger partial charge < -0.3 is 14.6 Å². The Balaban J connectivity index is 1.58. The van der Waals surface area contributed by atoms with E-state index in [1.807, 2.05) is 30.3 Å². The van der Waals surface area contributed by atoms with Gasteiger partial charge >= 0.3 is 5.97 Å². The number of aliphatic carboxylic acids is 1. The highest BCUT2D eigenvalue weighted by Crippen LogP contribution is 2.36. The van der Waals surface area contributed by atoms with Crippen molar-refractivity contribution in [2.75, 3.05) is 46.0 Å². The number of rotatable bonds is 10. The van der Waals surface area contributed by atoms with Gasteiger partial charge in [-0.3, -0.25) is 19.4 Å². The van der Waals surface area contributed by atoms with Crippen molar-refractivity contribution in [3.8, 4) is 16.9 Å². The fraction of sp³-hybridized carbons (Fsp3) is 0.346. The predicted octanol–water partition coefficient (Wildman–Crippen LogP) is 5.44. The Labute approximate surface area is 235 Å². The lowest BCUT2D eigenvalue weighted by Crippen LogP contribution is -2.38. The molecule has 1 amide bonds. The number of hydrogen-bond acceptors (Lipinski definition) is 7. The zero-order chi connectivity index (χ0) is 26.4. The smallest absolute Gasteiger partial charge is 0.303 e. The monoisotopic (exact) mass is 580 g/mol. The third kappa shape index (κ3) is 7.69. The summed E-state index contributed by atoms with van der Waals surface area (Å²) in [6, 6.07) is 11.1. The summed E-state index contributed by atoms with van der Waals surface area (Å²) >= 11 is 19.0. The maximum atomic E-state index is 13.1. The van der Waals surface area contributed by atoms with Crippen LogP contribution in [0.3, 0.4) is 0 Å². The molecular formula is C26H26Cl2N2O5S2. The number of thiocarbonyl (C=S) groups is 1. The molecule has 4 rings (SSSR count). The number of carboxylic acids is 1. The van der Waals surface area contributed by atoms with E-state index in [1.165, 1.54) is 16.7 Å². The number of halogens is 2. The van der Waals surface area contributed by atoms with Gasteiger partial charge in [0.25, 0.3) is 5.91 Å². The fourth-order valence-electron chi connectivity index (χ4n) is 4.02. The molecule has 2 fully saturated rings. The Kier molecular flexibility index (Phi) is 9.86. The van der Waals surface area contributed by atoms with Crippen LogP contribution >= 0.6 is 47.2 Å². The topological polar surface area (TPSA) is 79.3 Å². The summed E-state index contributed by atoms with van der Waals surface area (Å²) in [4.78, 5) is 28.1. The average molecular weight is 582 g/mol. The van der Waals surface area contributed by atoms with Crippen molar-refractivity contribution in [3.63, 3.8) is 0 Å². The Morgan fingerprint density at radius 1 is 1.11 bits per heavy atom. The molecule has 0 saturated carbocycles. The maximum absolute atomic E-state index is 13.1. The van der Waals surface area contributed by atoms with E-state index < -0.39 is 5.97 Å². The van der Waals surface area contributed by atoms with Crippen LogP contribution in [0, 0.1) is 0 Å². The Morgan fingerprint density at radius 2 is 1.84 bits per heavy atom. The van der Waals surface area contributed by atoms with Crippen LogP contribution in [0.5, 0.6) is 5.75 Å². The van der Waals surface area contributed by atoms with Crippen molar-refractivity contribution in [3.05, 3.63) is 56.9 Å². The minimum Gasteiger partial charge on any atom is -0.492 e. The molecule has 0 spiro atoms. The Morgan fingerprint density at radius 3 is 2.54 bits per heavy atom. The Bertz CT molecular complexity index is 1200. The molecule has 0 atom stereocenters. The quantitative estimate of drug-likeness (QED) is 0.294. The second-order valence-corrected chi connectivity index (χ2v) is 11.1. The van der Waals surface area contributed by atoms with Crippen LogP contribution in [0.15, 0.2) is 41.3 Å². The molecule has 37 heavy (non-hydrogen) atoms. The standard InChI is InChI=1S/C26H26Cl2N2O5S2/c27-20-13-18(14-21(28)16-20)17-3-4-22(35-11-8-29-6-9-34-10-7-29)19(12-17)15-23-25(33)30(26(36)37-23)5-1-2-24(31)32/h3-4,12-16H,1-2,5-11H2,(H,31,32)/b23-15-. The SMILES string of the molecule is O=C(O)CCCN1C(=O)/C(=C/c2cc(-c3cc(Cl)cc(Cl)c3)ccc2OCCN2CCOCC2)SC1=S. The second-order valence-electron chi connectivity index (χ2n) is 8.54. The third-order valence-corrected chi connectivity index (χ3v) is 7.72. The van der Waals surface area contributed by atoms with Crippen molar-refractivity contribution in [2.45, 2.75) is 12.8 Å². The molecule has 0 aliphatic carbocycles. The minimum absolute atomic E-state index is 0.0263. The number of hydrogen-bond donors (Lipinski definition) is 1. The lowest BCUT2D eigenvalue weighted by atomic mass is 10.0. The molecule has 0 bridgehead atoms. The Hall–Kier alpha value is -2.14. The first-order valence-corrected chi connectivity index (χ1v) is 13.8. The molecular weight excluding hydrogens is 555 g/mol. The zero-order valence-electron chi connectivity index (χ0n) is 20.0. The first-order valence-electron chi connectivity index (χ1n) is 11.8. The molecule has 2 heterocycles. The van der Waals surface area contributed by atoms with Gasteiger partial charge in [0.15, 0.2) is 0 Å². The van der Waals surface area contributed by atoms with E-state index in [0.717, 1.165) is 49.5 Å². The normalized spacial score (nSPS) is 17.6. The first kappa shape index (κ1) is 27.9. The molecule has 2 aliphatic heterocycles. The lowest BCUT2D eigenvalue weighted by Gasteiger charge is -2.26. The van der Waals surface area contributed by atoms with E-state index in [2.05, 4.69) is 4.90 Å². The zero-order valence-corrected chi connectivity index (χ0v) is 23.1. The van der Waals surface area contributed by atoms with E-state index in [-0.39, 0.29) is 18.9 Å². The van der Waals surface area contributed by atoms with Crippen LogP contribution in [0.25, 0.3) is 17.2 Å². The van der Waals surface area contributed by atoms with Crippen molar-refractivity contribution in [1.29, 1.82) is 0 Å². The molecule has 2 aliphatic rings. The molecule has 196 valence electrons. The summed E-state index contributed by atoms with van der Waals surface area (Å²) in [5.41, 5.74) is 2.43. The van der Waals surface area contributed by atoms with Crippen LogP contribution in [0.1, 0.15) is 18.4 Å². The number of carbonyl (C=O) groups excluding carboxylic acids is 1. The number of carbonyl (C=O) groups is 2. The van der Waals surface area contributed by atoms with Gasteiger partial charge in [-0.05, 0) is 54.0 Å². The minimum atomic E-state index is -0.905. The fourth-order valence-corrected chi connectivity index (χ4v) is 5.85. The van der Waals surface area contributed by atoms with Gasteiger partial charge in [-0.15, -0.1) is 0 Å². The first-order chi connectivity index (χ1) is 17.8. The number of thioether (sulfide) groups is 1. The van der Waals surface area contributed by atoms with Gasteiger partial charge in [-0.2, -0.15) is 0 Å². The maximum Gasteiger partial charge on any atom is 0.303 e. The average Bonchev–Trinajstić information content (AvgIpc) is 3.12. The number of morpholine rings is 1. The summed E-state index contributed by atoms with van der Waals surface area (Å²) in [5.74, 6) is -0.505. The number of amides is 1. The van der Waals surface area contributed by atoms with Gasteiger partial charge in [-0.25, -0.2) is 0 Å².